The van der Waals surface area contributed by atoms with Crippen LogP contribution in [0, 0.1) is 47.3 Å². The number of fused-ring (bicyclic) bond motifs is 7. The SMILES string of the molecule is O=C(NCc1ccncn1)C1CCC2CCC3C4CCC5CCC=CC5C4=CCC3C2C1. The molecule has 3 fully saturated rings. The number of carbonyl (C=O) groups excluding carboxylic acids is 1. The van der Waals surface area contributed by atoms with E-state index in [4.69, 9.17) is 0 Å². The minimum absolute atomic E-state index is 0.180. The van der Waals surface area contributed by atoms with Crippen molar-refractivity contribution in [2.75, 3.05) is 0 Å². The fraction of sp³-hybridized carbons (Fsp3) is 0.679. The summed E-state index contributed by atoms with van der Waals surface area (Å²) in [6.07, 6.45) is 24.0. The van der Waals surface area contributed by atoms with E-state index in [2.05, 4.69) is 33.5 Å². The summed E-state index contributed by atoms with van der Waals surface area (Å²) in [5.74, 6) is 6.17. The van der Waals surface area contributed by atoms with Gasteiger partial charge in [-0.05, 0) is 106 Å². The molecule has 4 heteroatoms. The molecule has 1 heterocycles. The lowest BCUT2D eigenvalue weighted by Gasteiger charge is -2.54. The van der Waals surface area contributed by atoms with E-state index in [0.29, 0.717) is 6.54 Å². The smallest absolute Gasteiger partial charge is 0.223 e. The molecule has 0 aromatic carbocycles. The fourth-order valence-electron chi connectivity index (χ4n) is 8.35. The highest BCUT2D eigenvalue weighted by Crippen LogP contribution is 2.58. The summed E-state index contributed by atoms with van der Waals surface area (Å²) in [4.78, 5) is 21.2. The maximum atomic E-state index is 13.0. The van der Waals surface area contributed by atoms with Crippen molar-refractivity contribution >= 4 is 5.91 Å². The zero-order chi connectivity index (χ0) is 21.5. The Balaban J connectivity index is 1.15. The third-order valence-electron chi connectivity index (χ3n) is 9.84. The first-order chi connectivity index (χ1) is 15.8. The Bertz CT molecular complexity index is 893. The van der Waals surface area contributed by atoms with E-state index in [-0.39, 0.29) is 11.8 Å². The molecule has 0 spiro atoms. The van der Waals surface area contributed by atoms with Crippen molar-refractivity contribution in [2.45, 2.75) is 70.8 Å². The molecule has 0 aliphatic heterocycles. The van der Waals surface area contributed by atoms with Crippen molar-refractivity contribution in [2.24, 2.45) is 47.3 Å². The van der Waals surface area contributed by atoms with Crippen LogP contribution in [0.3, 0.4) is 0 Å². The molecule has 5 aliphatic rings. The number of hydrogen-bond acceptors (Lipinski definition) is 3. The number of hydrogen-bond donors (Lipinski definition) is 1. The van der Waals surface area contributed by atoms with Gasteiger partial charge >= 0.3 is 0 Å². The molecular weight excluding hydrogens is 394 g/mol. The Morgan fingerprint density at radius 3 is 2.81 bits per heavy atom. The lowest BCUT2D eigenvalue weighted by Crippen LogP contribution is -2.47. The van der Waals surface area contributed by atoms with E-state index in [9.17, 15) is 4.79 Å². The molecule has 8 unspecified atom stereocenters. The van der Waals surface area contributed by atoms with Crippen LogP contribution in [0.4, 0.5) is 0 Å². The number of aromatic nitrogens is 2. The Morgan fingerprint density at radius 2 is 1.91 bits per heavy atom. The summed E-state index contributed by atoms with van der Waals surface area (Å²) in [5, 5.41) is 3.16. The normalized spacial score (nSPS) is 40.2. The minimum Gasteiger partial charge on any atom is -0.350 e. The topological polar surface area (TPSA) is 54.9 Å². The lowest BCUT2D eigenvalue weighted by molar-refractivity contribution is -0.128. The summed E-state index contributed by atoms with van der Waals surface area (Å²) in [5.41, 5.74) is 2.70. The van der Waals surface area contributed by atoms with Crippen molar-refractivity contribution in [3.63, 3.8) is 0 Å². The van der Waals surface area contributed by atoms with Crippen LogP contribution in [-0.4, -0.2) is 15.9 Å². The zero-order valence-electron chi connectivity index (χ0n) is 19.2. The molecule has 6 rings (SSSR count). The lowest BCUT2D eigenvalue weighted by atomic mass is 9.51. The second-order valence-corrected chi connectivity index (χ2v) is 11.2. The van der Waals surface area contributed by atoms with Gasteiger partial charge in [0.05, 0.1) is 12.2 Å². The summed E-state index contributed by atoms with van der Waals surface area (Å²) in [7, 11) is 0. The highest BCUT2D eigenvalue weighted by molar-refractivity contribution is 5.78. The third-order valence-corrected chi connectivity index (χ3v) is 9.84. The molecule has 1 aromatic heterocycles. The molecule has 3 saturated carbocycles. The average molecular weight is 432 g/mol. The molecule has 1 amide bonds. The summed E-state index contributed by atoms with van der Waals surface area (Å²) >= 11 is 0. The molecular formula is C28H37N3O. The van der Waals surface area contributed by atoms with Gasteiger partial charge in [0.2, 0.25) is 5.91 Å². The first kappa shape index (κ1) is 20.6. The van der Waals surface area contributed by atoms with Gasteiger partial charge in [0.15, 0.2) is 0 Å². The van der Waals surface area contributed by atoms with Gasteiger partial charge in [0.25, 0.3) is 0 Å². The van der Waals surface area contributed by atoms with Crippen LogP contribution >= 0.6 is 0 Å². The van der Waals surface area contributed by atoms with E-state index in [0.717, 1.165) is 60.0 Å². The van der Waals surface area contributed by atoms with Crippen LogP contribution in [0.25, 0.3) is 0 Å². The summed E-state index contributed by atoms with van der Waals surface area (Å²) in [6, 6.07) is 1.88. The van der Waals surface area contributed by atoms with E-state index >= 15 is 0 Å². The molecule has 32 heavy (non-hydrogen) atoms. The van der Waals surface area contributed by atoms with E-state index in [1.807, 2.05) is 11.6 Å². The first-order valence-electron chi connectivity index (χ1n) is 13.2. The molecule has 5 aliphatic carbocycles. The van der Waals surface area contributed by atoms with Gasteiger partial charge in [-0.2, -0.15) is 0 Å². The maximum absolute atomic E-state index is 13.0. The number of rotatable bonds is 3. The molecule has 0 saturated heterocycles. The third kappa shape index (κ3) is 3.74. The largest absolute Gasteiger partial charge is 0.350 e. The molecule has 1 aromatic rings. The van der Waals surface area contributed by atoms with E-state index in [1.165, 1.54) is 51.4 Å². The van der Waals surface area contributed by atoms with Crippen LogP contribution in [0.1, 0.15) is 69.9 Å². The number of allylic oxidation sites excluding steroid dienone is 4. The Kier molecular flexibility index (Phi) is 5.64. The summed E-state index contributed by atoms with van der Waals surface area (Å²) < 4.78 is 0. The molecule has 0 radical (unpaired) electrons. The fourth-order valence-corrected chi connectivity index (χ4v) is 8.35. The first-order valence-corrected chi connectivity index (χ1v) is 13.2. The van der Waals surface area contributed by atoms with Gasteiger partial charge in [-0.15, -0.1) is 0 Å². The van der Waals surface area contributed by atoms with Crippen LogP contribution in [0.5, 0.6) is 0 Å². The highest BCUT2D eigenvalue weighted by atomic mass is 16.1. The molecule has 8 atom stereocenters. The van der Waals surface area contributed by atoms with Gasteiger partial charge in [-0.1, -0.05) is 23.8 Å². The molecule has 1 N–H and O–H groups in total. The molecule has 4 nitrogen and oxygen atoms in total. The Labute approximate surface area is 192 Å². The van der Waals surface area contributed by atoms with Crippen LogP contribution < -0.4 is 5.32 Å². The van der Waals surface area contributed by atoms with Crippen LogP contribution in [0.15, 0.2) is 42.4 Å². The second kappa shape index (κ2) is 8.76. The number of nitrogens with zero attached hydrogens (tertiary/aromatic N) is 2. The predicted octanol–water partition coefficient (Wildman–Crippen LogP) is 5.47. The Hall–Kier alpha value is -1.97. The standard InChI is InChI=1S/C28H37N3O/c32-28(30-16-21-13-14-29-17-31-21)20-6-5-19-8-10-25-24-9-7-18-3-1-2-4-22(18)23(24)11-12-26(25)27(19)15-20/h2,4,11,13-14,17-20,22,24-27H,1,3,5-10,12,15-16H2,(H,30,32). The number of nitrogens with one attached hydrogen (secondary N) is 1. The van der Waals surface area contributed by atoms with E-state index in [1.54, 1.807) is 12.5 Å². The average Bonchev–Trinajstić information content (AvgIpc) is 2.87. The highest BCUT2D eigenvalue weighted by Gasteiger charge is 2.49. The number of amides is 1. The van der Waals surface area contributed by atoms with Crippen LogP contribution in [0.2, 0.25) is 0 Å². The maximum Gasteiger partial charge on any atom is 0.223 e. The predicted molar refractivity (Wildman–Crippen MR) is 125 cm³/mol. The minimum atomic E-state index is 0.180. The van der Waals surface area contributed by atoms with Crippen molar-refractivity contribution < 1.29 is 4.79 Å². The molecule has 0 bridgehead atoms. The van der Waals surface area contributed by atoms with Gasteiger partial charge in [0, 0.05) is 18.0 Å². The van der Waals surface area contributed by atoms with Gasteiger partial charge in [-0.3, -0.25) is 4.79 Å². The van der Waals surface area contributed by atoms with Crippen LogP contribution in [-0.2, 0) is 11.3 Å². The monoisotopic (exact) mass is 431 g/mol. The van der Waals surface area contributed by atoms with Gasteiger partial charge in [0.1, 0.15) is 6.33 Å². The Morgan fingerprint density at radius 1 is 1.00 bits per heavy atom. The zero-order valence-corrected chi connectivity index (χ0v) is 19.2. The quantitative estimate of drug-likeness (QED) is 0.645. The van der Waals surface area contributed by atoms with Crippen molar-refractivity contribution in [1.29, 1.82) is 0 Å². The van der Waals surface area contributed by atoms with Crippen molar-refractivity contribution in [1.82, 2.24) is 15.3 Å². The van der Waals surface area contributed by atoms with Gasteiger partial charge in [-0.25, -0.2) is 9.97 Å². The van der Waals surface area contributed by atoms with Gasteiger partial charge < -0.3 is 5.32 Å². The summed E-state index contributed by atoms with van der Waals surface area (Å²) in [6.45, 7) is 0.516. The van der Waals surface area contributed by atoms with Crippen molar-refractivity contribution in [3.8, 4) is 0 Å². The number of carbonyl (C=O) groups is 1. The molecule has 170 valence electrons. The second-order valence-electron chi connectivity index (χ2n) is 11.2. The van der Waals surface area contributed by atoms with Crippen molar-refractivity contribution in [3.05, 3.63) is 48.1 Å². The van der Waals surface area contributed by atoms with E-state index < -0.39 is 0 Å².